The molecule has 2 rings (SSSR count). The minimum Gasteiger partial charge on any atom is -0.457 e. The van der Waals surface area contributed by atoms with Crippen LogP contribution in [0, 0.1) is 6.92 Å². The number of aryl methyl sites for hydroxylation is 1. The average molecular weight is 369 g/mol. The molecule has 4 heteroatoms. The van der Waals surface area contributed by atoms with Crippen LogP contribution >= 0.6 is 27.5 Å². The first-order chi connectivity index (χ1) is 10.1. The van der Waals surface area contributed by atoms with Gasteiger partial charge in [-0.2, -0.15) is 0 Å². The summed E-state index contributed by atoms with van der Waals surface area (Å²) in [6, 6.07) is 11.8. The molecule has 0 radical (unpaired) electrons. The lowest BCUT2D eigenvalue weighted by molar-refractivity contribution is 0.478. The van der Waals surface area contributed by atoms with Crippen molar-refractivity contribution in [2.75, 3.05) is 6.54 Å². The van der Waals surface area contributed by atoms with Crippen molar-refractivity contribution in [3.63, 3.8) is 0 Å². The van der Waals surface area contributed by atoms with Crippen molar-refractivity contribution in [3.8, 4) is 11.5 Å². The second-order valence-corrected chi connectivity index (χ2v) is 6.26. The standard InChI is InChI=1S/C17H19BrClNO/c1-3-8-20-11-13-4-6-15(10-16(13)19)21-17-7-5-14(18)9-12(17)2/h4-7,9-10,20H,3,8,11H2,1-2H3. The van der Waals surface area contributed by atoms with E-state index in [9.17, 15) is 0 Å². The Morgan fingerprint density at radius 3 is 2.67 bits per heavy atom. The van der Waals surface area contributed by atoms with Gasteiger partial charge in [-0.3, -0.25) is 0 Å². The van der Waals surface area contributed by atoms with Gasteiger partial charge in [0.25, 0.3) is 0 Å². The van der Waals surface area contributed by atoms with Gasteiger partial charge in [-0.25, -0.2) is 0 Å². The third-order valence-corrected chi connectivity index (χ3v) is 3.98. The molecule has 0 aliphatic carbocycles. The summed E-state index contributed by atoms with van der Waals surface area (Å²) in [6.07, 6.45) is 1.11. The maximum absolute atomic E-state index is 6.31. The van der Waals surface area contributed by atoms with Crippen LogP contribution in [0.15, 0.2) is 40.9 Å². The van der Waals surface area contributed by atoms with Crippen LogP contribution in [-0.2, 0) is 6.54 Å². The minimum absolute atomic E-state index is 0.728. The van der Waals surface area contributed by atoms with Crippen molar-refractivity contribution in [1.82, 2.24) is 5.32 Å². The van der Waals surface area contributed by atoms with Gasteiger partial charge >= 0.3 is 0 Å². The highest BCUT2D eigenvalue weighted by Gasteiger charge is 2.05. The first-order valence-electron chi connectivity index (χ1n) is 7.03. The fraction of sp³-hybridized carbons (Fsp3) is 0.294. The van der Waals surface area contributed by atoms with E-state index >= 15 is 0 Å². The van der Waals surface area contributed by atoms with E-state index in [4.69, 9.17) is 16.3 Å². The lowest BCUT2D eigenvalue weighted by Gasteiger charge is -2.11. The minimum atomic E-state index is 0.728. The molecule has 1 N–H and O–H groups in total. The second kappa shape index (κ2) is 7.83. The van der Waals surface area contributed by atoms with E-state index in [1.165, 1.54) is 0 Å². The fourth-order valence-electron chi connectivity index (χ4n) is 1.99. The number of hydrogen-bond acceptors (Lipinski definition) is 2. The van der Waals surface area contributed by atoms with Crippen LogP contribution in [0.4, 0.5) is 0 Å². The van der Waals surface area contributed by atoms with Crippen LogP contribution in [0.2, 0.25) is 5.02 Å². The summed E-state index contributed by atoms with van der Waals surface area (Å²) in [6.45, 7) is 5.94. The molecule has 0 saturated heterocycles. The van der Waals surface area contributed by atoms with Crippen molar-refractivity contribution in [2.24, 2.45) is 0 Å². The Hall–Kier alpha value is -1.03. The number of ether oxygens (including phenoxy) is 1. The van der Waals surface area contributed by atoms with Crippen LogP contribution in [-0.4, -0.2) is 6.54 Å². The molecular weight excluding hydrogens is 350 g/mol. The van der Waals surface area contributed by atoms with Crippen LogP contribution in [0.1, 0.15) is 24.5 Å². The molecule has 21 heavy (non-hydrogen) atoms. The first kappa shape index (κ1) is 16.3. The highest BCUT2D eigenvalue weighted by Crippen LogP contribution is 2.30. The topological polar surface area (TPSA) is 21.3 Å². The summed E-state index contributed by atoms with van der Waals surface area (Å²) in [4.78, 5) is 0. The Kier molecular flexibility index (Phi) is 6.09. The summed E-state index contributed by atoms with van der Waals surface area (Å²) in [7, 11) is 0. The predicted molar refractivity (Wildman–Crippen MR) is 92.4 cm³/mol. The van der Waals surface area contributed by atoms with Gasteiger partial charge in [0.2, 0.25) is 0 Å². The fourth-order valence-corrected chi connectivity index (χ4v) is 2.70. The van der Waals surface area contributed by atoms with Crippen LogP contribution < -0.4 is 10.1 Å². The summed E-state index contributed by atoms with van der Waals surface area (Å²) in [5.41, 5.74) is 2.17. The molecule has 0 fully saturated rings. The number of rotatable bonds is 6. The molecule has 0 heterocycles. The Morgan fingerprint density at radius 2 is 2.00 bits per heavy atom. The average Bonchev–Trinajstić information content (AvgIpc) is 2.44. The van der Waals surface area contributed by atoms with Crippen molar-refractivity contribution < 1.29 is 4.74 Å². The quantitative estimate of drug-likeness (QED) is 0.660. The monoisotopic (exact) mass is 367 g/mol. The Bertz CT molecular complexity index is 616. The molecule has 0 bridgehead atoms. The Balaban J connectivity index is 2.09. The molecule has 0 saturated carbocycles. The predicted octanol–water partition coefficient (Wildman–Crippen LogP) is 5.70. The number of benzene rings is 2. The highest BCUT2D eigenvalue weighted by atomic mass is 79.9. The number of halogens is 2. The number of hydrogen-bond donors (Lipinski definition) is 1. The molecule has 0 spiro atoms. The molecule has 2 aromatic rings. The van der Waals surface area contributed by atoms with Gasteiger partial charge in [-0.05, 0) is 61.3 Å². The molecular formula is C17H19BrClNO. The van der Waals surface area contributed by atoms with E-state index in [0.717, 1.165) is 51.6 Å². The maximum Gasteiger partial charge on any atom is 0.130 e. The number of nitrogens with one attached hydrogen (secondary N) is 1. The van der Waals surface area contributed by atoms with E-state index in [1.54, 1.807) is 0 Å². The van der Waals surface area contributed by atoms with Crippen molar-refractivity contribution in [3.05, 3.63) is 57.0 Å². The van der Waals surface area contributed by atoms with Crippen LogP contribution in [0.3, 0.4) is 0 Å². The molecule has 0 amide bonds. The van der Waals surface area contributed by atoms with Gasteiger partial charge in [0.1, 0.15) is 11.5 Å². The zero-order chi connectivity index (χ0) is 15.2. The van der Waals surface area contributed by atoms with E-state index in [-0.39, 0.29) is 0 Å². The van der Waals surface area contributed by atoms with Crippen LogP contribution in [0.25, 0.3) is 0 Å². The Labute approximate surface area is 139 Å². The molecule has 2 aromatic carbocycles. The molecule has 0 aliphatic rings. The van der Waals surface area contributed by atoms with Gasteiger partial charge < -0.3 is 10.1 Å². The molecule has 112 valence electrons. The first-order valence-corrected chi connectivity index (χ1v) is 8.20. The third-order valence-electron chi connectivity index (χ3n) is 3.13. The zero-order valence-electron chi connectivity index (χ0n) is 12.2. The maximum atomic E-state index is 6.31. The summed E-state index contributed by atoms with van der Waals surface area (Å²) >= 11 is 9.76. The van der Waals surface area contributed by atoms with Gasteiger partial charge in [-0.15, -0.1) is 0 Å². The van der Waals surface area contributed by atoms with Gasteiger partial charge in [0.05, 0.1) is 0 Å². The van der Waals surface area contributed by atoms with Crippen molar-refractivity contribution in [1.29, 1.82) is 0 Å². The van der Waals surface area contributed by atoms with Gasteiger partial charge in [0, 0.05) is 16.0 Å². The van der Waals surface area contributed by atoms with E-state index in [2.05, 4.69) is 28.2 Å². The molecule has 0 aromatic heterocycles. The van der Waals surface area contributed by atoms with E-state index in [1.807, 2.05) is 43.3 Å². The normalized spacial score (nSPS) is 10.7. The van der Waals surface area contributed by atoms with E-state index in [0.29, 0.717) is 0 Å². The SMILES string of the molecule is CCCNCc1ccc(Oc2ccc(Br)cc2C)cc1Cl. The highest BCUT2D eigenvalue weighted by molar-refractivity contribution is 9.10. The second-order valence-electron chi connectivity index (χ2n) is 4.94. The lowest BCUT2D eigenvalue weighted by Crippen LogP contribution is -2.13. The third kappa shape index (κ3) is 4.73. The van der Waals surface area contributed by atoms with Crippen molar-refractivity contribution >= 4 is 27.5 Å². The van der Waals surface area contributed by atoms with E-state index < -0.39 is 0 Å². The molecule has 0 atom stereocenters. The summed E-state index contributed by atoms with van der Waals surface area (Å²) in [5, 5.41) is 4.07. The smallest absolute Gasteiger partial charge is 0.130 e. The zero-order valence-corrected chi connectivity index (χ0v) is 14.6. The Morgan fingerprint density at radius 1 is 1.19 bits per heavy atom. The van der Waals surface area contributed by atoms with Crippen LogP contribution in [0.5, 0.6) is 11.5 Å². The molecule has 2 nitrogen and oxygen atoms in total. The molecule has 0 aliphatic heterocycles. The lowest BCUT2D eigenvalue weighted by atomic mass is 10.2. The molecule has 0 unspecified atom stereocenters. The summed E-state index contributed by atoms with van der Waals surface area (Å²) in [5.74, 6) is 1.59. The summed E-state index contributed by atoms with van der Waals surface area (Å²) < 4.78 is 6.94. The largest absolute Gasteiger partial charge is 0.457 e. The van der Waals surface area contributed by atoms with Crippen molar-refractivity contribution in [2.45, 2.75) is 26.8 Å². The van der Waals surface area contributed by atoms with Gasteiger partial charge in [-0.1, -0.05) is 40.5 Å². The van der Waals surface area contributed by atoms with Gasteiger partial charge in [0.15, 0.2) is 0 Å².